The molecule has 2 N–H and O–H groups in total. The standard InChI is InChI=1S/C31H28B2F6N2O3.C28H18B2F6O2/c34-30(35,36)23-10-14-25(15-11-23)40-18-20-42-32-27-8-4-5-9-28(27)44-29(22-6-2-1-3-7-22)33-43-21-19-41-26-16-12-24(13-17-26)31(37,38)39;31-27(32,33)37-29(19-11-3-1-4-12-19)25-21-15-7-9-17-23(21)26(24-18-10-8-16-22(24)25)30(38-28(34,35)36)20-13-5-2-6-14-20/h1-17,29,40-41H,18-21H2;1-18H. The summed E-state index contributed by atoms with van der Waals surface area (Å²) in [5.74, 6) is 0.528. The molecule has 9 aromatic carbocycles. The van der Waals surface area contributed by atoms with Crippen LogP contribution in [-0.2, 0) is 31.0 Å². The molecular weight excluding hydrogens is 1090 g/mol. The molecule has 0 saturated carbocycles. The Morgan fingerprint density at radius 3 is 1.17 bits per heavy atom. The van der Waals surface area contributed by atoms with Gasteiger partial charge in [0.15, 0.2) is 0 Å². The second kappa shape index (κ2) is 27.3. The van der Waals surface area contributed by atoms with Crippen molar-refractivity contribution in [3.8, 4) is 5.75 Å². The summed E-state index contributed by atoms with van der Waals surface area (Å²) < 4.78 is 186. The van der Waals surface area contributed by atoms with Crippen LogP contribution in [-0.4, -0.2) is 67.8 Å². The Balaban J connectivity index is 0.000000217. The summed E-state index contributed by atoms with van der Waals surface area (Å²) in [6.45, 7) is -1.95. The van der Waals surface area contributed by atoms with Gasteiger partial charge in [-0.25, -0.2) is 0 Å². The van der Waals surface area contributed by atoms with Crippen molar-refractivity contribution >= 4 is 89.0 Å². The van der Waals surface area contributed by atoms with Gasteiger partial charge in [0.2, 0.25) is 0 Å². The Hall–Kier alpha value is -7.84. The Morgan fingerprint density at radius 1 is 0.402 bits per heavy atom. The predicted octanol–water partition coefficient (Wildman–Crippen LogP) is 12.2. The molecule has 1 atom stereocenters. The molecule has 0 aliphatic heterocycles. The summed E-state index contributed by atoms with van der Waals surface area (Å²) in [6, 6.07) is 54.3. The first-order chi connectivity index (χ1) is 39.2. The maximum Gasteiger partial charge on any atom is 0.509 e. The molecule has 0 aliphatic rings. The molecule has 9 aromatic rings. The predicted molar refractivity (Wildman–Crippen MR) is 298 cm³/mol. The number of ether oxygens (including phenoxy) is 1. The maximum atomic E-state index is 13.7. The van der Waals surface area contributed by atoms with E-state index in [4.69, 9.17) is 14.0 Å². The van der Waals surface area contributed by atoms with Crippen molar-refractivity contribution in [1.82, 2.24) is 0 Å². The first-order valence-electron chi connectivity index (χ1n) is 25.3. The molecule has 7 nitrogen and oxygen atoms in total. The van der Waals surface area contributed by atoms with E-state index in [1.165, 1.54) is 48.5 Å². The largest absolute Gasteiger partial charge is 0.509 e. The van der Waals surface area contributed by atoms with E-state index in [0.717, 1.165) is 29.8 Å². The number of anilines is 2. The fourth-order valence-electron chi connectivity index (χ4n) is 8.88. The van der Waals surface area contributed by atoms with E-state index in [1.54, 1.807) is 106 Å². The molecule has 418 valence electrons. The van der Waals surface area contributed by atoms with Crippen molar-refractivity contribution in [2.45, 2.75) is 31.1 Å². The maximum absolute atomic E-state index is 13.7. The Bertz CT molecular complexity index is 3270. The van der Waals surface area contributed by atoms with Gasteiger partial charge >= 0.3 is 53.9 Å². The van der Waals surface area contributed by atoms with Gasteiger partial charge in [-0.05, 0) is 109 Å². The van der Waals surface area contributed by atoms with E-state index in [9.17, 15) is 52.7 Å². The lowest BCUT2D eigenvalue weighted by molar-refractivity contribution is -0.278. The molecule has 0 aromatic heterocycles. The van der Waals surface area contributed by atoms with Gasteiger partial charge in [0.05, 0.1) is 11.1 Å². The molecule has 23 heteroatoms. The molecular formula is C59H46B4F12N2O5. The highest BCUT2D eigenvalue weighted by Gasteiger charge is 2.42. The van der Waals surface area contributed by atoms with Crippen LogP contribution < -0.4 is 42.7 Å². The molecule has 0 heterocycles. The van der Waals surface area contributed by atoms with Gasteiger partial charge in [-0.3, -0.25) is 0 Å². The number of alkyl halides is 12. The van der Waals surface area contributed by atoms with E-state index < -0.39 is 56.0 Å². The average molecular weight is 1130 g/mol. The van der Waals surface area contributed by atoms with E-state index in [-0.39, 0.29) is 35.1 Å². The van der Waals surface area contributed by atoms with Crippen LogP contribution in [0.1, 0.15) is 22.7 Å². The van der Waals surface area contributed by atoms with Gasteiger partial charge in [0.1, 0.15) is 11.8 Å². The lowest BCUT2D eigenvalue weighted by Crippen LogP contribution is -2.52. The van der Waals surface area contributed by atoms with Crippen molar-refractivity contribution in [3.05, 3.63) is 229 Å². The third kappa shape index (κ3) is 16.9. The van der Waals surface area contributed by atoms with Crippen molar-refractivity contribution in [1.29, 1.82) is 0 Å². The lowest BCUT2D eigenvalue weighted by atomic mass is 9.49. The number of fused-ring (bicyclic) bond motifs is 2. The topological polar surface area (TPSA) is 70.2 Å². The van der Waals surface area contributed by atoms with Crippen LogP contribution in [0.3, 0.4) is 0 Å². The summed E-state index contributed by atoms with van der Waals surface area (Å²) >= 11 is 0. The highest BCUT2D eigenvalue weighted by Crippen LogP contribution is 2.32. The number of benzene rings is 9. The Morgan fingerprint density at radius 2 is 0.768 bits per heavy atom. The van der Waals surface area contributed by atoms with Crippen LogP contribution in [0.15, 0.2) is 212 Å². The number of hydrogen-bond acceptors (Lipinski definition) is 7. The quantitative estimate of drug-likeness (QED) is 0.0321. The van der Waals surface area contributed by atoms with Crippen LogP contribution in [0.25, 0.3) is 21.5 Å². The summed E-state index contributed by atoms with van der Waals surface area (Å²) in [5.41, 5.74) is 2.05. The first kappa shape index (κ1) is 60.3. The minimum atomic E-state index is -4.98. The number of nitrogens with one attached hydrogen (secondary N) is 2. The zero-order chi connectivity index (χ0) is 58.3. The minimum Gasteiger partial charge on any atom is -0.492 e. The van der Waals surface area contributed by atoms with Gasteiger partial charge in [-0.2, -0.15) is 26.3 Å². The number of hydrogen-bond donors (Lipinski definition) is 2. The number of rotatable bonds is 21. The normalized spacial score (nSPS) is 12.2. The van der Waals surface area contributed by atoms with Crippen molar-refractivity contribution in [3.63, 3.8) is 0 Å². The fraction of sp³-hybridized carbons (Fsp3) is 0.153. The number of halogens is 12. The third-order valence-corrected chi connectivity index (χ3v) is 12.5. The molecule has 82 heavy (non-hydrogen) atoms. The third-order valence-electron chi connectivity index (χ3n) is 12.5. The van der Waals surface area contributed by atoms with E-state index >= 15 is 0 Å². The van der Waals surface area contributed by atoms with E-state index in [0.29, 0.717) is 57.2 Å². The molecule has 0 spiro atoms. The van der Waals surface area contributed by atoms with Crippen LogP contribution in [0.5, 0.6) is 5.75 Å². The van der Waals surface area contributed by atoms with Gasteiger partial charge in [-0.1, -0.05) is 158 Å². The van der Waals surface area contributed by atoms with Crippen LogP contribution in [0.4, 0.5) is 64.1 Å². The van der Waals surface area contributed by atoms with Gasteiger partial charge in [0.25, 0.3) is 0 Å². The molecule has 1 unspecified atom stereocenters. The summed E-state index contributed by atoms with van der Waals surface area (Å²) in [6.07, 6.45) is -18.7. The van der Waals surface area contributed by atoms with Crippen LogP contribution in [0.2, 0.25) is 0 Å². The highest BCUT2D eigenvalue weighted by atomic mass is 19.4. The van der Waals surface area contributed by atoms with Crippen molar-refractivity contribution < 1.29 is 76.0 Å². The lowest BCUT2D eigenvalue weighted by Gasteiger charge is -2.25. The smallest absolute Gasteiger partial charge is 0.492 e. The second-order valence-electron chi connectivity index (χ2n) is 18.1. The molecule has 0 fully saturated rings. The number of para-hydroxylation sites is 1. The summed E-state index contributed by atoms with van der Waals surface area (Å²) in [7, 11) is 3.09. The van der Waals surface area contributed by atoms with Gasteiger partial charge in [0, 0.05) is 37.7 Å². The summed E-state index contributed by atoms with van der Waals surface area (Å²) in [4.78, 5) is 0. The van der Waals surface area contributed by atoms with E-state index in [2.05, 4.69) is 19.9 Å². The minimum absolute atomic E-state index is 0.197. The molecule has 0 saturated heterocycles. The second-order valence-corrected chi connectivity index (χ2v) is 18.1. The fourth-order valence-corrected chi connectivity index (χ4v) is 8.88. The first-order valence-corrected chi connectivity index (χ1v) is 25.3. The molecule has 9 rings (SSSR count). The van der Waals surface area contributed by atoms with Crippen LogP contribution in [0, 0.1) is 0 Å². The monoisotopic (exact) mass is 1130 g/mol. The Kier molecular flexibility index (Phi) is 20.1. The van der Waals surface area contributed by atoms with Crippen molar-refractivity contribution in [2.75, 3.05) is 36.9 Å². The summed E-state index contributed by atoms with van der Waals surface area (Å²) in [5, 5.41) is 7.34. The average Bonchev–Trinajstić information content (AvgIpc) is 2.77. The van der Waals surface area contributed by atoms with Gasteiger partial charge in [-0.15, -0.1) is 26.3 Å². The molecule has 0 aliphatic carbocycles. The van der Waals surface area contributed by atoms with E-state index in [1.807, 2.05) is 48.5 Å². The molecule has 2 radical (unpaired) electrons. The highest BCUT2D eigenvalue weighted by molar-refractivity contribution is 6.88. The van der Waals surface area contributed by atoms with Crippen molar-refractivity contribution in [2.24, 2.45) is 0 Å². The van der Waals surface area contributed by atoms with Crippen LogP contribution >= 0.6 is 0 Å². The Labute approximate surface area is 466 Å². The molecule has 0 bridgehead atoms. The SMILES string of the molecule is FC(F)(F)OB(c1ccccc1)c1c2ccccc2c(B(OC(F)(F)F)c2ccccc2)c2ccccc12.FC(F)(F)c1ccc(NCCO[B]c2ccccc2OC([B]OCCNc2ccc(C(F)(F)F)cc2)c2ccccc2)cc1. The zero-order valence-electron chi connectivity index (χ0n) is 43.0. The molecule has 0 amide bonds. The van der Waals surface area contributed by atoms with Gasteiger partial charge < -0.3 is 34.0 Å². The zero-order valence-corrected chi connectivity index (χ0v) is 43.0.